The fraction of sp³-hybridized carbons (Fsp3) is 0.383. The number of benzene rings is 3. The van der Waals surface area contributed by atoms with Gasteiger partial charge in [0.2, 0.25) is 17.7 Å². The standard InChI is InChI=1S/C47H47ClN8O5/c1-29-30(2)55(52-43(29)35-16-17-36(27-49)38(48)26-35)28-33-10-8-31(9-11-33)6-7-32-12-14-34(15-13-32)44(58)50-20-21-53-22-24-54(25-23-53)39-5-3-4-37-42(39)47(61)56(46(37)60)40-18-19-41(57)51-45(40)59/h3-5,8-11,16-17,26,32,34,40H,12-15,18-25,28H2,1-2H3,(H,50,58)(H,51,57,59)/t32-,34-,40?. The number of hydrogen-bond donors (Lipinski definition) is 2. The molecule has 3 fully saturated rings. The highest BCUT2D eigenvalue weighted by molar-refractivity contribution is 6.32. The molecule has 1 atom stereocenters. The maximum absolute atomic E-state index is 13.6. The summed E-state index contributed by atoms with van der Waals surface area (Å²) in [5.74, 6) is 5.10. The first-order valence-electron chi connectivity index (χ1n) is 20.9. The molecule has 4 aliphatic rings. The van der Waals surface area contributed by atoms with Gasteiger partial charge in [0.05, 0.1) is 39.6 Å². The molecule has 2 N–H and O–H groups in total. The van der Waals surface area contributed by atoms with Gasteiger partial charge < -0.3 is 10.2 Å². The average Bonchev–Trinajstić information content (AvgIpc) is 3.69. The molecule has 2 saturated heterocycles. The third-order valence-electron chi connectivity index (χ3n) is 12.6. The molecule has 4 aromatic rings. The van der Waals surface area contributed by atoms with E-state index in [-0.39, 0.29) is 36.1 Å². The maximum atomic E-state index is 13.6. The van der Waals surface area contributed by atoms with E-state index in [1.165, 1.54) is 0 Å². The minimum atomic E-state index is -1.00. The number of carbonyl (C=O) groups excluding carboxylic acids is 5. The number of nitrogens with one attached hydrogen (secondary N) is 2. The normalized spacial score (nSPS) is 20.5. The predicted octanol–water partition coefficient (Wildman–Crippen LogP) is 5.24. The lowest BCUT2D eigenvalue weighted by atomic mass is 9.82. The van der Waals surface area contributed by atoms with Crippen molar-refractivity contribution in [2.45, 2.75) is 65.0 Å². The Bertz CT molecular complexity index is 2520. The predicted molar refractivity (Wildman–Crippen MR) is 230 cm³/mol. The van der Waals surface area contributed by atoms with Crippen molar-refractivity contribution in [2.75, 3.05) is 44.2 Å². The van der Waals surface area contributed by atoms with Gasteiger partial charge in [-0.05, 0) is 93.5 Å². The number of carbonyl (C=O) groups is 5. The molecular weight excluding hydrogens is 792 g/mol. The molecule has 13 nitrogen and oxygen atoms in total. The highest BCUT2D eigenvalue weighted by atomic mass is 35.5. The fourth-order valence-electron chi connectivity index (χ4n) is 8.82. The second-order valence-electron chi connectivity index (χ2n) is 16.3. The highest BCUT2D eigenvalue weighted by Crippen LogP contribution is 2.35. The van der Waals surface area contributed by atoms with Crippen LogP contribution in [0.1, 0.15) is 87.2 Å². The lowest BCUT2D eigenvalue weighted by Crippen LogP contribution is -2.54. The number of rotatable bonds is 9. The van der Waals surface area contributed by atoms with Crippen LogP contribution in [-0.4, -0.2) is 94.4 Å². The van der Waals surface area contributed by atoms with Gasteiger partial charge in [-0.25, -0.2) is 0 Å². The number of hydrogen-bond acceptors (Lipinski definition) is 9. The van der Waals surface area contributed by atoms with Crippen LogP contribution in [0.4, 0.5) is 5.69 Å². The molecule has 312 valence electrons. The number of piperazine rings is 1. The Morgan fingerprint density at radius 3 is 2.39 bits per heavy atom. The van der Waals surface area contributed by atoms with Crippen molar-refractivity contribution in [1.29, 1.82) is 5.26 Å². The van der Waals surface area contributed by atoms with Crippen LogP contribution in [0.3, 0.4) is 0 Å². The first-order chi connectivity index (χ1) is 29.5. The molecule has 1 unspecified atom stereocenters. The molecule has 0 spiro atoms. The van der Waals surface area contributed by atoms with Gasteiger partial charge in [0.25, 0.3) is 11.8 Å². The van der Waals surface area contributed by atoms with Gasteiger partial charge in [-0.3, -0.25) is 43.8 Å². The first kappa shape index (κ1) is 41.5. The van der Waals surface area contributed by atoms with E-state index < -0.39 is 29.7 Å². The Balaban J connectivity index is 0.763. The van der Waals surface area contributed by atoms with Crippen LogP contribution in [-0.2, 0) is 20.9 Å². The van der Waals surface area contributed by atoms with Crippen molar-refractivity contribution in [2.24, 2.45) is 11.8 Å². The number of anilines is 1. The summed E-state index contributed by atoms with van der Waals surface area (Å²) >= 11 is 6.30. The molecule has 3 aliphatic heterocycles. The van der Waals surface area contributed by atoms with Gasteiger partial charge in [0.1, 0.15) is 12.1 Å². The van der Waals surface area contributed by atoms with Gasteiger partial charge in [0.15, 0.2) is 0 Å². The SMILES string of the molecule is Cc1c(-c2ccc(C#N)c(Cl)c2)nn(Cc2ccc(C#C[C@H]3CC[C@H](C(=O)NCCN4CCN(c5cccc6c5C(=O)N(C5CCC(=O)NC5=O)C6=O)CC4)CC3)cc2)c1C. The molecule has 0 radical (unpaired) electrons. The fourth-order valence-corrected chi connectivity index (χ4v) is 9.05. The third-order valence-corrected chi connectivity index (χ3v) is 12.9. The Morgan fingerprint density at radius 2 is 1.69 bits per heavy atom. The van der Waals surface area contributed by atoms with Gasteiger partial charge in [-0.1, -0.05) is 47.7 Å². The van der Waals surface area contributed by atoms with E-state index >= 15 is 0 Å². The van der Waals surface area contributed by atoms with E-state index in [1.807, 2.05) is 35.9 Å². The van der Waals surface area contributed by atoms with Crippen LogP contribution in [0, 0.1) is 48.9 Å². The Labute approximate surface area is 360 Å². The average molecular weight is 839 g/mol. The van der Waals surface area contributed by atoms with Crippen LogP contribution in [0.5, 0.6) is 0 Å². The van der Waals surface area contributed by atoms with Crippen molar-refractivity contribution in [3.8, 4) is 29.2 Å². The number of nitrogens with zero attached hydrogens (tertiary/aromatic N) is 6. The Morgan fingerprint density at radius 1 is 0.934 bits per heavy atom. The number of piperidine rings is 1. The Hall–Kier alpha value is -6.28. The van der Waals surface area contributed by atoms with Crippen LogP contribution < -0.4 is 15.5 Å². The number of fused-ring (bicyclic) bond motifs is 1. The van der Waals surface area contributed by atoms with Crippen LogP contribution in [0.2, 0.25) is 5.02 Å². The second kappa shape index (κ2) is 17.7. The molecule has 1 saturated carbocycles. The monoisotopic (exact) mass is 838 g/mol. The minimum Gasteiger partial charge on any atom is -0.368 e. The molecule has 5 amide bonds. The van der Waals surface area contributed by atoms with Crippen LogP contribution >= 0.6 is 11.6 Å². The smallest absolute Gasteiger partial charge is 0.264 e. The summed E-state index contributed by atoms with van der Waals surface area (Å²) in [5.41, 5.74) is 7.64. The summed E-state index contributed by atoms with van der Waals surface area (Å²) in [6.45, 7) is 8.72. The zero-order valence-corrected chi connectivity index (χ0v) is 35.1. The summed E-state index contributed by atoms with van der Waals surface area (Å²) < 4.78 is 1.99. The minimum absolute atomic E-state index is 0.0156. The quantitative estimate of drug-likeness (QED) is 0.170. The van der Waals surface area contributed by atoms with Crippen molar-refractivity contribution in [1.82, 2.24) is 30.2 Å². The number of aromatic nitrogens is 2. The van der Waals surface area contributed by atoms with E-state index in [0.717, 1.165) is 77.3 Å². The highest BCUT2D eigenvalue weighted by Gasteiger charge is 2.46. The molecule has 0 bridgehead atoms. The van der Waals surface area contributed by atoms with Crippen molar-refractivity contribution in [3.63, 3.8) is 0 Å². The second-order valence-corrected chi connectivity index (χ2v) is 16.7. The van der Waals surface area contributed by atoms with Crippen molar-refractivity contribution < 1.29 is 24.0 Å². The van der Waals surface area contributed by atoms with Gasteiger partial charge in [-0.2, -0.15) is 10.4 Å². The Kier molecular flexibility index (Phi) is 12.1. The summed E-state index contributed by atoms with van der Waals surface area (Å²) in [6, 6.07) is 20.0. The lowest BCUT2D eigenvalue weighted by Gasteiger charge is -2.37. The summed E-state index contributed by atoms with van der Waals surface area (Å²) in [5, 5.41) is 19.9. The molecular formula is C47H47ClN8O5. The summed E-state index contributed by atoms with van der Waals surface area (Å²) in [6.07, 6.45) is 3.59. The number of imide groups is 2. The largest absolute Gasteiger partial charge is 0.368 e. The first-order valence-corrected chi connectivity index (χ1v) is 21.3. The molecule has 61 heavy (non-hydrogen) atoms. The van der Waals surface area contributed by atoms with Crippen LogP contribution in [0.25, 0.3) is 11.3 Å². The topological polar surface area (TPSA) is 161 Å². The molecule has 8 rings (SSSR count). The van der Waals surface area contributed by atoms with Crippen LogP contribution in [0.15, 0.2) is 60.7 Å². The molecule has 1 aliphatic carbocycles. The van der Waals surface area contributed by atoms with Gasteiger partial charge in [-0.15, -0.1) is 0 Å². The van der Waals surface area contributed by atoms with E-state index in [4.69, 9.17) is 16.7 Å². The van der Waals surface area contributed by atoms with E-state index in [0.29, 0.717) is 54.6 Å². The molecule has 1 aromatic heterocycles. The molecule has 3 aromatic carbocycles. The third kappa shape index (κ3) is 8.67. The summed E-state index contributed by atoms with van der Waals surface area (Å²) in [4.78, 5) is 69.6. The van der Waals surface area contributed by atoms with Crippen molar-refractivity contribution >= 4 is 46.8 Å². The molecule has 14 heteroatoms. The van der Waals surface area contributed by atoms with Crippen molar-refractivity contribution in [3.05, 3.63) is 105 Å². The van der Waals surface area contributed by atoms with E-state index in [2.05, 4.69) is 57.4 Å². The number of amides is 5. The summed E-state index contributed by atoms with van der Waals surface area (Å²) in [7, 11) is 0. The van der Waals surface area contributed by atoms with Gasteiger partial charge in [0, 0.05) is 74.3 Å². The zero-order chi connectivity index (χ0) is 42.8. The van der Waals surface area contributed by atoms with E-state index in [9.17, 15) is 29.2 Å². The number of nitriles is 1. The lowest BCUT2D eigenvalue weighted by molar-refractivity contribution is -0.136. The number of halogens is 1. The molecule has 4 heterocycles. The maximum Gasteiger partial charge on any atom is 0.264 e. The van der Waals surface area contributed by atoms with E-state index in [1.54, 1.807) is 24.3 Å². The zero-order valence-electron chi connectivity index (χ0n) is 34.3. The van der Waals surface area contributed by atoms with Gasteiger partial charge >= 0.3 is 0 Å².